The summed E-state index contributed by atoms with van der Waals surface area (Å²) in [6, 6.07) is 15.0. The fraction of sp³-hybridized carbons (Fsp3) is 0.160. The lowest BCUT2D eigenvalue weighted by atomic mass is 10.0. The Hall–Kier alpha value is -4.18. The maximum absolute atomic E-state index is 15.0. The van der Waals surface area contributed by atoms with Crippen molar-refractivity contribution in [2.45, 2.75) is 25.9 Å². The van der Waals surface area contributed by atoms with Gasteiger partial charge in [-0.3, -0.25) is 24.6 Å². The number of aromatic nitrogens is 3. The van der Waals surface area contributed by atoms with Gasteiger partial charge in [-0.25, -0.2) is 4.39 Å². The van der Waals surface area contributed by atoms with E-state index in [0.717, 1.165) is 10.9 Å². The van der Waals surface area contributed by atoms with Gasteiger partial charge in [0.15, 0.2) is 5.11 Å². The molecule has 0 radical (unpaired) electrons. The average molecular weight is 489 g/mol. The van der Waals surface area contributed by atoms with Gasteiger partial charge in [-0.2, -0.15) is 5.10 Å². The lowest BCUT2D eigenvalue weighted by Gasteiger charge is -2.29. The molecule has 0 bridgehead atoms. The van der Waals surface area contributed by atoms with Gasteiger partial charge in [0.1, 0.15) is 17.1 Å². The summed E-state index contributed by atoms with van der Waals surface area (Å²) in [5.41, 5.74) is 1.41. The highest BCUT2D eigenvalue weighted by Gasteiger charge is 2.50. The first-order valence-corrected chi connectivity index (χ1v) is 11.3. The number of aromatic amines is 1. The van der Waals surface area contributed by atoms with Crippen LogP contribution in [0.15, 0.2) is 67.0 Å². The number of nitrogens with one attached hydrogen (secondary N) is 2. The van der Waals surface area contributed by atoms with E-state index in [2.05, 4.69) is 20.5 Å². The Balaban J connectivity index is 1.39. The Kier molecular flexibility index (Phi) is 5.52. The highest BCUT2D eigenvalue weighted by Crippen LogP contribution is 2.37. The topological polar surface area (TPSA) is 94.2 Å². The van der Waals surface area contributed by atoms with Crippen LogP contribution in [0.2, 0.25) is 0 Å². The monoisotopic (exact) mass is 488 g/mol. The minimum Gasteiger partial charge on any atom is -0.347 e. The van der Waals surface area contributed by atoms with Crippen LogP contribution in [0.1, 0.15) is 29.9 Å². The number of hydrogen-bond acceptors (Lipinski definition) is 5. The summed E-state index contributed by atoms with van der Waals surface area (Å²) in [5.74, 6) is -1.14. The minimum absolute atomic E-state index is 0.00880. The molecule has 176 valence electrons. The second-order valence-electron chi connectivity index (χ2n) is 8.63. The molecule has 2 N–H and O–H groups in total. The third-order valence-electron chi connectivity index (χ3n) is 5.98. The maximum atomic E-state index is 15.0. The van der Waals surface area contributed by atoms with Crippen LogP contribution in [-0.2, 0) is 11.3 Å². The number of fused-ring (bicyclic) bond motifs is 1. The zero-order valence-electron chi connectivity index (χ0n) is 18.9. The number of pyridine rings is 1. The molecule has 8 nitrogen and oxygen atoms in total. The number of halogens is 1. The summed E-state index contributed by atoms with van der Waals surface area (Å²) in [4.78, 5) is 32.7. The predicted molar refractivity (Wildman–Crippen MR) is 135 cm³/mol. The van der Waals surface area contributed by atoms with Crippen LogP contribution in [0, 0.1) is 5.82 Å². The minimum atomic E-state index is -1.04. The van der Waals surface area contributed by atoms with Crippen molar-refractivity contribution in [1.29, 1.82) is 0 Å². The molecule has 35 heavy (non-hydrogen) atoms. The molecule has 2 amide bonds. The van der Waals surface area contributed by atoms with Crippen molar-refractivity contribution in [3.8, 4) is 0 Å². The molecule has 4 aromatic rings. The first-order chi connectivity index (χ1) is 16.8. The Morgan fingerprint density at radius 1 is 1.14 bits per heavy atom. The number of anilines is 2. The molecule has 1 aliphatic heterocycles. The predicted octanol–water partition coefficient (Wildman–Crippen LogP) is 3.94. The van der Waals surface area contributed by atoms with Crippen molar-refractivity contribution in [3.63, 3.8) is 0 Å². The molecule has 0 aliphatic carbocycles. The molecule has 10 heteroatoms. The first-order valence-electron chi connectivity index (χ1n) is 10.9. The molecule has 2 aromatic heterocycles. The lowest BCUT2D eigenvalue weighted by Crippen LogP contribution is -2.44. The fourth-order valence-electron chi connectivity index (χ4n) is 4.11. The molecule has 0 unspecified atom stereocenters. The second-order valence-corrected chi connectivity index (χ2v) is 9.00. The summed E-state index contributed by atoms with van der Waals surface area (Å²) >= 11 is 5.69. The molecule has 5 rings (SSSR count). The molecule has 2 aromatic carbocycles. The van der Waals surface area contributed by atoms with Crippen LogP contribution in [0.4, 0.5) is 15.8 Å². The largest absolute Gasteiger partial charge is 0.347 e. The Morgan fingerprint density at radius 2 is 1.94 bits per heavy atom. The number of thiocarbonyl (C=S) groups is 1. The number of carbonyl (C=O) groups excluding carboxylic acids is 2. The van der Waals surface area contributed by atoms with Gasteiger partial charge in [0.05, 0.1) is 17.4 Å². The zero-order valence-corrected chi connectivity index (χ0v) is 19.8. The SMILES string of the molecule is CC1(C)C(=O)N(c2ccc3[nH]ncc3c2)C(=S)N1c1ccc(CNC(=O)c2ccccn2)c(F)c1. The Bertz CT molecular complexity index is 1470. The molecule has 0 atom stereocenters. The van der Waals surface area contributed by atoms with Crippen molar-refractivity contribution in [3.05, 3.63) is 84.1 Å². The summed E-state index contributed by atoms with van der Waals surface area (Å²) < 4.78 is 15.0. The van der Waals surface area contributed by atoms with Crippen molar-refractivity contribution >= 4 is 51.4 Å². The molecule has 0 saturated carbocycles. The molecule has 1 fully saturated rings. The molecule has 1 aliphatic rings. The first kappa shape index (κ1) is 22.6. The normalized spacial score (nSPS) is 15.2. The fourth-order valence-corrected chi connectivity index (χ4v) is 4.63. The molecule has 0 spiro atoms. The summed E-state index contributed by atoms with van der Waals surface area (Å²) in [6.07, 6.45) is 3.19. The standard InChI is InChI=1S/C25H21FN6O2S/c1-25(2)23(34)31(17-8-9-20-16(11-17)14-29-30-20)24(35)32(25)18-7-6-15(19(26)12-18)13-28-22(33)21-5-3-4-10-27-21/h3-12,14H,13H2,1-2H3,(H,28,33)(H,29,30). The quantitative estimate of drug-likeness (QED) is 0.413. The van der Waals surface area contributed by atoms with Crippen molar-refractivity contribution in [1.82, 2.24) is 20.5 Å². The summed E-state index contributed by atoms with van der Waals surface area (Å²) in [7, 11) is 0. The van der Waals surface area contributed by atoms with Gasteiger partial charge in [-0.1, -0.05) is 12.1 Å². The van der Waals surface area contributed by atoms with Gasteiger partial charge < -0.3 is 10.2 Å². The molecule has 1 saturated heterocycles. The molecular weight excluding hydrogens is 467 g/mol. The Morgan fingerprint density at radius 3 is 2.69 bits per heavy atom. The van der Waals surface area contributed by atoms with Crippen LogP contribution >= 0.6 is 12.2 Å². The third-order valence-corrected chi connectivity index (χ3v) is 6.35. The highest BCUT2D eigenvalue weighted by atomic mass is 32.1. The number of carbonyl (C=O) groups is 2. The van der Waals surface area contributed by atoms with E-state index in [-0.39, 0.29) is 23.3 Å². The van der Waals surface area contributed by atoms with Crippen LogP contribution in [0.5, 0.6) is 0 Å². The summed E-state index contributed by atoms with van der Waals surface area (Å²) in [5, 5.41) is 10.7. The van der Waals surface area contributed by atoms with Crippen LogP contribution in [0.3, 0.4) is 0 Å². The number of hydrogen-bond donors (Lipinski definition) is 2. The zero-order chi connectivity index (χ0) is 24.7. The average Bonchev–Trinajstić information content (AvgIpc) is 3.38. The number of amides is 2. The number of H-pyrrole nitrogens is 1. The van der Waals surface area contributed by atoms with Crippen molar-refractivity contribution < 1.29 is 14.0 Å². The highest BCUT2D eigenvalue weighted by molar-refractivity contribution is 7.81. The lowest BCUT2D eigenvalue weighted by molar-refractivity contribution is -0.120. The second kappa shape index (κ2) is 8.55. The smallest absolute Gasteiger partial charge is 0.270 e. The van der Waals surface area contributed by atoms with Crippen LogP contribution in [0.25, 0.3) is 10.9 Å². The van der Waals surface area contributed by atoms with E-state index in [1.165, 1.54) is 17.2 Å². The van der Waals surface area contributed by atoms with E-state index in [4.69, 9.17) is 12.2 Å². The van der Waals surface area contributed by atoms with Crippen LogP contribution in [-0.4, -0.2) is 37.6 Å². The van der Waals surface area contributed by atoms with Gasteiger partial charge in [0.25, 0.3) is 11.8 Å². The number of rotatable bonds is 5. The summed E-state index contributed by atoms with van der Waals surface area (Å²) in [6.45, 7) is 3.49. The number of nitrogens with zero attached hydrogens (tertiary/aromatic N) is 4. The maximum Gasteiger partial charge on any atom is 0.270 e. The van der Waals surface area contributed by atoms with Gasteiger partial charge >= 0.3 is 0 Å². The van der Waals surface area contributed by atoms with E-state index < -0.39 is 17.3 Å². The van der Waals surface area contributed by atoms with Gasteiger partial charge in [0.2, 0.25) is 0 Å². The van der Waals surface area contributed by atoms with E-state index >= 15 is 4.39 Å². The van der Waals surface area contributed by atoms with Gasteiger partial charge in [0, 0.05) is 29.4 Å². The van der Waals surface area contributed by atoms with Crippen molar-refractivity contribution in [2.75, 3.05) is 9.80 Å². The number of benzene rings is 2. The van der Waals surface area contributed by atoms with E-state index in [1.54, 1.807) is 61.3 Å². The van der Waals surface area contributed by atoms with E-state index in [0.29, 0.717) is 16.9 Å². The molecule has 3 heterocycles. The molecular formula is C25H21FN6O2S. The van der Waals surface area contributed by atoms with E-state index in [9.17, 15) is 9.59 Å². The third kappa shape index (κ3) is 3.91. The van der Waals surface area contributed by atoms with Gasteiger partial charge in [-0.05, 0) is 68.5 Å². The van der Waals surface area contributed by atoms with Crippen molar-refractivity contribution in [2.24, 2.45) is 0 Å². The van der Waals surface area contributed by atoms with Crippen LogP contribution < -0.4 is 15.1 Å². The van der Waals surface area contributed by atoms with Gasteiger partial charge in [-0.15, -0.1) is 0 Å². The van der Waals surface area contributed by atoms with E-state index in [1.807, 2.05) is 12.1 Å². The Labute approximate surface area is 205 Å².